The van der Waals surface area contributed by atoms with Crippen molar-refractivity contribution in [3.05, 3.63) is 52.0 Å². The van der Waals surface area contributed by atoms with Crippen molar-refractivity contribution in [3.8, 4) is 11.5 Å². The highest BCUT2D eigenvalue weighted by Gasteiger charge is 2.24. The first-order valence-electron chi connectivity index (χ1n) is 8.77. The van der Waals surface area contributed by atoms with Crippen molar-refractivity contribution in [3.63, 3.8) is 0 Å². The van der Waals surface area contributed by atoms with Gasteiger partial charge in [0.1, 0.15) is 19.8 Å². The Morgan fingerprint density at radius 2 is 1.83 bits per heavy atom. The zero-order valence-electron chi connectivity index (χ0n) is 15.8. The number of anilines is 1. The van der Waals surface area contributed by atoms with E-state index in [0.717, 1.165) is 16.1 Å². The second-order valence-electron chi connectivity index (χ2n) is 6.56. The topological polar surface area (TPSA) is 84.9 Å². The Bertz CT molecular complexity index is 1030. The lowest BCUT2D eigenvalue weighted by atomic mass is 10.1. The van der Waals surface area contributed by atoms with E-state index < -0.39 is 22.5 Å². The van der Waals surface area contributed by atoms with Crippen LogP contribution in [0.3, 0.4) is 0 Å². The van der Waals surface area contributed by atoms with Crippen molar-refractivity contribution in [1.29, 1.82) is 0 Å². The normalized spacial score (nSPS) is 14.2. The van der Waals surface area contributed by atoms with Crippen molar-refractivity contribution in [2.75, 3.05) is 30.3 Å². The van der Waals surface area contributed by atoms with E-state index >= 15 is 0 Å². The van der Waals surface area contributed by atoms with Gasteiger partial charge >= 0.3 is 0 Å². The van der Waals surface area contributed by atoms with Crippen LogP contribution in [0.5, 0.6) is 11.5 Å². The van der Waals surface area contributed by atoms with Gasteiger partial charge < -0.3 is 14.8 Å². The van der Waals surface area contributed by atoms with E-state index in [9.17, 15) is 13.2 Å². The Morgan fingerprint density at radius 1 is 1.14 bits per heavy atom. The predicted molar refractivity (Wildman–Crippen MR) is 113 cm³/mol. The van der Waals surface area contributed by atoms with Crippen molar-refractivity contribution in [2.45, 2.75) is 13.0 Å². The fourth-order valence-corrected chi connectivity index (χ4v) is 4.18. The van der Waals surface area contributed by atoms with Crippen LogP contribution in [-0.2, 0) is 14.8 Å². The summed E-state index contributed by atoms with van der Waals surface area (Å²) in [4.78, 5) is 12.6. The molecular formula is C19H20Cl2N2O5S. The summed E-state index contributed by atoms with van der Waals surface area (Å²) >= 11 is 12.1. The second kappa shape index (κ2) is 8.69. The molecule has 0 radical (unpaired) electrons. The van der Waals surface area contributed by atoms with Crippen molar-refractivity contribution >= 4 is 44.8 Å². The maximum Gasteiger partial charge on any atom is 0.241 e. The third kappa shape index (κ3) is 5.26. The molecule has 0 unspecified atom stereocenters. The van der Waals surface area contributed by atoms with E-state index in [1.54, 1.807) is 19.1 Å². The van der Waals surface area contributed by atoms with E-state index in [4.69, 9.17) is 32.7 Å². The molecule has 0 aliphatic carbocycles. The number of carbonyl (C=O) groups is 1. The van der Waals surface area contributed by atoms with Crippen molar-refractivity contribution in [1.82, 2.24) is 5.32 Å². The zero-order chi connectivity index (χ0) is 21.2. The highest BCUT2D eigenvalue weighted by molar-refractivity contribution is 7.92. The lowest BCUT2D eigenvalue weighted by Gasteiger charge is -2.25. The largest absolute Gasteiger partial charge is 0.486 e. The first kappa shape index (κ1) is 21.5. The summed E-state index contributed by atoms with van der Waals surface area (Å²) in [7, 11) is -3.77. The molecule has 1 N–H and O–H groups in total. The number of amides is 1. The zero-order valence-corrected chi connectivity index (χ0v) is 18.1. The molecule has 0 saturated carbocycles. The minimum atomic E-state index is -3.77. The monoisotopic (exact) mass is 458 g/mol. The quantitative estimate of drug-likeness (QED) is 0.716. The van der Waals surface area contributed by atoms with Crippen LogP contribution in [-0.4, -0.2) is 40.3 Å². The fraction of sp³-hybridized carbons (Fsp3) is 0.316. The van der Waals surface area contributed by atoms with Crippen molar-refractivity contribution < 1.29 is 22.7 Å². The van der Waals surface area contributed by atoms with Crippen LogP contribution in [0.1, 0.15) is 18.5 Å². The van der Waals surface area contributed by atoms with E-state index in [0.29, 0.717) is 29.7 Å². The van der Waals surface area contributed by atoms with Gasteiger partial charge in [-0.2, -0.15) is 0 Å². The highest BCUT2D eigenvalue weighted by Crippen LogP contribution is 2.33. The number of fused-ring (bicyclic) bond motifs is 1. The Kier molecular flexibility index (Phi) is 6.45. The summed E-state index contributed by atoms with van der Waals surface area (Å²) in [5.41, 5.74) is 0.943. The van der Waals surface area contributed by atoms with Gasteiger partial charge in [0.25, 0.3) is 0 Å². The summed E-state index contributed by atoms with van der Waals surface area (Å²) in [6, 6.07) is 9.44. The van der Waals surface area contributed by atoms with Crippen LogP contribution < -0.4 is 19.1 Å². The Balaban J connectivity index is 1.76. The van der Waals surface area contributed by atoms with E-state index in [1.807, 2.05) is 6.07 Å². The van der Waals surface area contributed by atoms with Gasteiger partial charge in [0.15, 0.2) is 11.5 Å². The second-order valence-corrected chi connectivity index (χ2v) is 9.31. The molecule has 0 spiro atoms. The number of hydrogen-bond acceptors (Lipinski definition) is 5. The SMILES string of the molecule is C[C@H](NC(=O)CN(c1cc(Cl)ccc1Cl)S(C)(=O)=O)c1ccc2c(c1)OCCO2. The maximum atomic E-state index is 12.6. The number of hydrogen-bond donors (Lipinski definition) is 1. The van der Waals surface area contributed by atoms with Gasteiger partial charge in [-0.1, -0.05) is 29.3 Å². The maximum absolute atomic E-state index is 12.6. The lowest BCUT2D eigenvalue weighted by Crippen LogP contribution is -2.41. The van der Waals surface area contributed by atoms with Crippen LogP contribution in [0.15, 0.2) is 36.4 Å². The molecule has 1 aliphatic heterocycles. The number of nitrogens with one attached hydrogen (secondary N) is 1. The molecule has 1 heterocycles. The minimum absolute atomic E-state index is 0.142. The van der Waals surface area contributed by atoms with Crippen LogP contribution in [0, 0.1) is 0 Å². The summed E-state index contributed by atoms with van der Waals surface area (Å²) in [6.45, 7) is 2.31. The van der Waals surface area contributed by atoms with Crippen molar-refractivity contribution in [2.24, 2.45) is 0 Å². The van der Waals surface area contributed by atoms with Crippen LogP contribution in [0.2, 0.25) is 10.0 Å². The summed E-state index contributed by atoms with van der Waals surface area (Å²) in [5, 5.41) is 3.27. The van der Waals surface area contributed by atoms with Crippen LogP contribution in [0.4, 0.5) is 5.69 Å². The number of halogens is 2. The molecule has 7 nitrogen and oxygen atoms in total. The number of ether oxygens (including phenoxy) is 2. The molecule has 0 saturated heterocycles. The number of rotatable bonds is 6. The Labute approximate surface area is 179 Å². The number of carbonyl (C=O) groups excluding carboxylic acids is 1. The smallest absolute Gasteiger partial charge is 0.241 e. The van der Waals surface area contributed by atoms with Crippen LogP contribution in [0.25, 0.3) is 0 Å². The number of sulfonamides is 1. The average molecular weight is 459 g/mol. The molecule has 10 heteroatoms. The van der Waals surface area contributed by atoms with Gasteiger partial charge in [0.2, 0.25) is 15.9 Å². The molecule has 2 aromatic rings. The van der Waals surface area contributed by atoms with Gasteiger partial charge in [-0.05, 0) is 42.8 Å². The molecule has 1 amide bonds. The van der Waals surface area contributed by atoms with Gasteiger partial charge in [-0.25, -0.2) is 8.42 Å². The summed E-state index contributed by atoms with van der Waals surface area (Å²) in [5.74, 6) is 0.768. The molecule has 1 atom stereocenters. The molecule has 29 heavy (non-hydrogen) atoms. The van der Waals surface area contributed by atoms with Gasteiger partial charge in [0.05, 0.1) is 23.0 Å². The molecule has 3 rings (SSSR count). The predicted octanol–water partition coefficient (Wildman–Crippen LogP) is 3.41. The van der Waals surface area contributed by atoms with E-state index in [1.165, 1.54) is 18.2 Å². The first-order chi connectivity index (χ1) is 13.6. The Morgan fingerprint density at radius 3 is 2.52 bits per heavy atom. The highest BCUT2D eigenvalue weighted by atomic mass is 35.5. The average Bonchev–Trinajstić information content (AvgIpc) is 2.67. The molecule has 0 fully saturated rings. The standard InChI is InChI=1S/C19H20Cl2N2O5S/c1-12(13-3-6-17-18(9-13)28-8-7-27-17)22-19(24)11-23(29(2,25)26)16-10-14(20)4-5-15(16)21/h3-6,9-10,12H,7-8,11H2,1-2H3,(H,22,24)/t12-/m0/s1. The molecule has 156 valence electrons. The van der Waals surface area contributed by atoms with Crippen LogP contribution >= 0.6 is 23.2 Å². The van der Waals surface area contributed by atoms with E-state index in [-0.39, 0.29) is 16.8 Å². The number of nitrogens with zero attached hydrogens (tertiary/aromatic N) is 1. The number of benzene rings is 2. The third-order valence-corrected chi connectivity index (χ3v) is 5.99. The molecule has 0 aromatic heterocycles. The minimum Gasteiger partial charge on any atom is -0.486 e. The lowest BCUT2D eigenvalue weighted by molar-refractivity contribution is -0.120. The summed E-state index contributed by atoms with van der Waals surface area (Å²) < 4.78 is 36.5. The van der Waals surface area contributed by atoms with E-state index in [2.05, 4.69) is 5.32 Å². The molecule has 2 aromatic carbocycles. The summed E-state index contributed by atoms with van der Waals surface area (Å²) in [6.07, 6.45) is 1.00. The Hall–Kier alpha value is -2.16. The van der Waals surface area contributed by atoms with Gasteiger partial charge in [-0.15, -0.1) is 0 Å². The fourth-order valence-electron chi connectivity index (χ4n) is 2.89. The van der Waals surface area contributed by atoms with Gasteiger partial charge in [0, 0.05) is 5.02 Å². The molecule has 1 aliphatic rings. The third-order valence-electron chi connectivity index (χ3n) is 4.31. The van der Waals surface area contributed by atoms with Gasteiger partial charge in [-0.3, -0.25) is 9.10 Å². The molecule has 0 bridgehead atoms. The first-order valence-corrected chi connectivity index (χ1v) is 11.4. The molecular weight excluding hydrogens is 439 g/mol.